The Morgan fingerprint density at radius 1 is 0.389 bits per heavy atom. The van der Waals surface area contributed by atoms with Crippen molar-refractivity contribution in [2.24, 2.45) is 0 Å². The molecule has 0 saturated carbocycles. The maximum atomic E-state index is 5.38. The summed E-state index contributed by atoms with van der Waals surface area (Å²) in [5.41, 5.74) is 13.9. The zero-order valence-corrected chi connectivity index (χ0v) is 31.6. The highest BCUT2D eigenvalue weighted by Crippen LogP contribution is 2.38. The van der Waals surface area contributed by atoms with Crippen LogP contribution in [0.1, 0.15) is 51.7 Å². The third kappa shape index (κ3) is 7.33. The molecule has 0 saturated heterocycles. The third-order valence-electron chi connectivity index (χ3n) is 9.96. The molecule has 0 aliphatic rings. The lowest BCUT2D eigenvalue weighted by atomic mass is 9.79. The average molecular weight is 701 g/mol. The van der Waals surface area contributed by atoms with Crippen LogP contribution in [0.4, 0.5) is 0 Å². The molecule has 8 rings (SSSR count). The lowest BCUT2D eigenvalue weighted by Gasteiger charge is -2.27. The number of fused-ring (bicyclic) bond motifs is 1. The number of hydrogen-bond acceptors (Lipinski definition) is 4. The monoisotopic (exact) mass is 700 g/mol. The van der Waals surface area contributed by atoms with Crippen molar-refractivity contribution in [1.29, 1.82) is 0 Å². The molecule has 0 radical (unpaired) electrons. The van der Waals surface area contributed by atoms with Gasteiger partial charge in [0, 0.05) is 27.5 Å². The van der Waals surface area contributed by atoms with Crippen LogP contribution in [0.15, 0.2) is 164 Å². The molecule has 0 unspecified atom stereocenters. The summed E-state index contributed by atoms with van der Waals surface area (Å²) >= 11 is 0. The molecule has 2 heterocycles. The quantitative estimate of drug-likeness (QED) is 0.158. The Bertz CT molecular complexity index is 2570. The first kappa shape index (κ1) is 34.8. The Hall–Kier alpha value is -6.26. The molecule has 264 valence electrons. The van der Waals surface area contributed by atoms with Crippen LogP contribution >= 0.6 is 0 Å². The fraction of sp³-hybridized carbons (Fsp3) is 0.160. The SMILES string of the molecule is CC(C)(C)c1nc(-c2ccccc2)cc(-c2cc(CC(C)(C)c3nc4ccccc4nc3-c3cccc(-c4ccccc4)c3)cc(-c3ccccc3)c2)n1. The lowest BCUT2D eigenvalue weighted by Crippen LogP contribution is -2.24. The highest BCUT2D eigenvalue weighted by molar-refractivity contribution is 5.81. The third-order valence-corrected chi connectivity index (χ3v) is 9.96. The molecule has 4 nitrogen and oxygen atoms in total. The van der Waals surface area contributed by atoms with Gasteiger partial charge in [0.25, 0.3) is 0 Å². The first-order chi connectivity index (χ1) is 26.1. The maximum Gasteiger partial charge on any atom is 0.135 e. The van der Waals surface area contributed by atoms with E-state index in [1.165, 1.54) is 11.1 Å². The van der Waals surface area contributed by atoms with Crippen LogP contribution < -0.4 is 0 Å². The van der Waals surface area contributed by atoms with E-state index in [9.17, 15) is 0 Å². The molecular formula is C50H44N4. The van der Waals surface area contributed by atoms with Gasteiger partial charge in [-0.25, -0.2) is 19.9 Å². The summed E-state index contributed by atoms with van der Waals surface area (Å²) in [6, 6.07) is 57.4. The average Bonchev–Trinajstić information content (AvgIpc) is 3.20. The van der Waals surface area contributed by atoms with E-state index >= 15 is 0 Å². The molecule has 0 bridgehead atoms. The minimum absolute atomic E-state index is 0.232. The highest BCUT2D eigenvalue weighted by atomic mass is 14.9. The van der Waals surface area contributed by atoms with Crippen molar-refractivity contribution in [3.05, 3.63) is 181 Å². The first-order valence-electron chi connectivity index (χ1n) is 18.7. The number of aromatic nitrogens is 4. The number of nitrogens with zero attached hydrogens (tertiary/aromatic N) is 4. The van der Waals surface area contributed by atoms with E-state index in [0.717, 1.165) is 79.4 Å². The van der Waals surface area contributed by atoms with Gasteiger partial charge in [-0.1, -0.05) is 162 Å². The Kier molecular flexibility index (Phi) is 9.21. The summed E-state index contributed by atoms with van der Waals surface area (Å²) < 4.78 is 0. The van der Waals surface area contributed by atoms with E-state index < -0.39 is 0 Å². The summed E-state index contributed by atoms with van der Waals surface area (Å²) in [6.07, 6.45) is 0.738. The second-order valence-corrected chi connectivity index (χ2v) is 15.8. The maximum absolute atomic E-state index is 5.38. The van der Waals surface area contributed by atoms with E-state index in [1.807, 2.05) is 18.2 Å². The van der Waals surface area contributed by atoms with Gasteiger partial charge in [-0.2, -0.15) is 0 Å². The largest absolute Gasteiger partial charge is 0.248 e. The molecule has 0 spiro atoms. The second kappa shape index (κ2) is 14.3. The van der Waals surface area contributed by atoms with Crippen molar-refractivity contribution in [2.75, 3.05) is 0 Å². The van der Waals surface area contributed by atoms with Gasteiger partial charge in [0.1, 0.15) is 5.82 Å². The van der Waals surface area contributed by atoms with Gasteiger partial charge in [0.05, 0.1) is 33.8 Å². The van der Waals surface area contributed by atoms with E-state index in [0.29, 0.717) is 0 Å². The molecule has 0 amide bonds. The van der Waals surface area contributed by atoms with Gasteiger partial charge < -0.3 is 0 Å². The van der Waals surface area contributed by atoms with E-state index in [-0.39, 0.29) is 10.8 Å². The molecule has 0 N–H and O–H groups in total. The predicted octanol–water partition coefficient (Wildman–Crippen LogP) is 12.6. The van der Waals surface area contributed by atoms with Crippen LogP contribution in [0.2, 0.25) is 0 Å². The Morgan fingerprint density at radius 2 is 0.870 bits per heavy atom. The summed E-state index contributed by atoms with van der Waals surface area (Å²) in [5, 5.41) is 0. The molecule has 6 aromatic carbocycles. The molecule has 0 fully saturated rings. The van der Waals surface area contributed by atoms with Gasteiger partial charge in [0.2, 0.25) is 0 Å². The van der Waals surface area contributed by atoms with Crippen LogP contribution in [0.25, 0.3) is 67.1 Å². The fourth-order valence-corrected chi connectivity index (χ4v) is 7.17. The number of hydrogen-bond donors (Lipinski definition) is 0. The van der Waals surface area contributed by atoms with Crippen molar-refractivity contribution >= 4 is 11.0 Å². The molecule has 0 atom stereocenters. The molecule has 0 aliphatic heterocycles. The Labute approximate surface area is 318 Å². The Balaban J connectivity index is 1.27. The normalized spacial score (nSPS) is 11.9. The van der Waals surface area contributed by atoms with Crippen LogP contribution in [0, 0.1) is 0 Å². The molecular weight excluding hydrogens is 657 g/mol. The highest BCUT2D eigenvalue weighted by Gasteiger charge is 2.29. The van der Waals surface area contributed by atoms with Crippen LogP contribution in [0.3, 0.4) is 0 Å². The minimum atomic E-state index is -0.390. The molecule has 0 aliphatic carbocycles. The van der Waals surface area contributed by atoms with Crippen LogP contribution in [0.5, 0.6) is 0 Å². The van der Waals surface area contributed by atoms with Gasteiger partial charge in [-0.05, 0) is 70.6 Å². The summed E-state index contributed by atoms with van der Waals surface area (Å²) in [7, 11) is 0. The summed E-state index contributed by atoms with van der Waals surface area (Å²) in [5.74, 6) is 0.819. The minimum Gasteiger partial charge on any atom is -0.248 e. The van der Waals surface area contributed by atoms with Crippen molar-refractivity contribution in [3.63, 3.8) is 0 Å². The summed E-state index contributed by atoms with van der Waals surface area (Å²) in [4.78, 5) is 21.0. The zero-order chi connectivity index (χ0) is 37.3. The molecule has 54 heavy (non-hydrogen) atoms. The molecule has 4 heteroatoms. The molecule has 8 aromatic rings. The van der Waals surface area contributed by atoms with Gasteiger partial charge in [0.15, 0.2) is 0 Å². The standard InChI is InChI=1S/C50H44N4/c1-49(2,3)48-53-44(37-22-13-8-14-23-37)32-45(54-48)41-29-34(28-40(31-41)36-20-11-7-12-21-36)33-50(4,5)47-46(51-42-26-15-16-27-43(42)52-47)39-25-17-24-38(30-39)35-18-9-6-10-19-35/h6-32H,33H2,1-5H3. The van der Waals surface area contributed by atoms with Crippen molar-refractivity contribution < 1.29 is 0 Å². The number of rotatable bonds is 8. The van der Waals surface area contributed by atoms with Crippen molar-refractivity contribution in [2.45, 2.75) is 51.9 Å². The van der Waals surface area contributed by atoms with E-state index in [4.69, 9.17) is 19.9 Å². The smallest absolute Gasteiger partial charge is 0.135 e. The molecule has 2 aromatic heterocycles. The van der Waals surface area contributed by atoms with E-state index in [1.54, 1.807) is 0 Å². The van der Waals surface area contributed by atoms with Gasteiger partial charge in [-0.15, -0.1) is 0 Å². The lowest BCUT2D eigenvalue weighted by molar-refractivity contribution is 0.507. The topological polar surface area (TPSA) is 51.6 Å². The van der Waals surface area contributed by atoms with Crippen molar-refractivity contribution in [1.82, 2.24) is 19.9 Å². The van der Waals surface area contributed by atoms with Gasteiger partial charge >= 0.3 is 0 Å². The van der Waals surface area contributed by atoms with E-state index in [2.05, 4.69) is 180 Å². The predicted molar refractivity (Wildman–Crippen MR) is 224 cm³/mol. The number of benzene rings is 6. The van der Waals surface area contributed by atoms with Crippen LogP contribution in [-0.4, -0.2) is 19.9 Å². The zero-order valence-electron chi connectivity index (χ0n) is 31.6. The van der Waals surface area contributed by atoms with Gasteiger partial charge in [-0.3, -0.25) is 0 Å². The second-order valence-electron chi connectivity index (χ2n) is 15.8. The van der Waals surface area contributed by atoms with Crippen LogP contribution in [-0.2, 0) is 17.3 Å². The summed E-state index contributed by atoms with van der Waals surface area (Å²) in [6.45, 7) is 11.1. The number of para-hydroxylation sites is 2. The Morgan fingerprint density at radius 3 is 1.50 bits per heavy atom. The fourth-order valence-electron chi connectivity index (χ4n) is 7.17. The van der Waals surface area contributed by atoms with Crippen molar-refractivity contribution in [3.8, 4) is 56.0 Å². The first-order valence-corrected chi connectivity index (χ1v) is 18.7.